The molecule has 0 bridgehead atoms. The number of hydrogen-bond acceptors (Lipinski definition) is 6. The molecule has 456 valence electrons. The molecule has 79 heavy (non-hydrogen) atoms. The second-order valence-corrected chi connectivity index (χ2v) is 22.7. The molecular weight excluding hydrogens is 973 g/mol. The van der Waals surface area contributed by atoms with E-state index in [9.17, 15) is 14.4 Å². The largest absolute Gasteiger partial charge is 0.462 e. The fourth-order valence-corrected chi connectivity index (χ4v) is 9.76. The first-order valence-corrected chi connectivity index (χ1v) is 34.1. The van der Waals surface area contributed by atoms with Crippen LogP contribution in [-0.4, -0.2) is 37.2 Å². The first kappa shape index (κ1) is 75.6. The summed E-state index contributed by atoms with van der Waals surface area (Å²) in [6, 6.07) is 0. The molecule has 6 heteroatoms. The van der Waals surface area contributed by atoms with Gasteiger partial charge >= 0.3 is 17.9 Å². The van der Waals surface area contributed by atoms with Crippen LogP contribution in [-0.2, 0) is 28.6 Å². The van der Waals surface area contributed by atoms with Gasteiger partial charge in [0.15, 0.2) is 6.10 Å². The van der Waals surface area contributed by atoms with Gasteiger partial charge in [-0.15, -0.1) is 0 Å². The molecule has 0 aromatic rings. The lowest BCUT2D eigenvalue weighted by Gasteiger charge is -2.18. The van der Waals surface area contributed by atoms with Gasteiger partial charge in [-0.25, -0.2) is 0 Å². The van der Waals surface area contributed by atoms with E-state index in [4.69, 9.17) is 14.2 Å². The predicted octanol–water partition coefficient (Wildman–Crippen LogP) is 23.4. The van der Waals surface area contributed by atoms with Gasteiger partial charge in [0, 0.05) is 19.3 Å². The third-order valence-electron chi connectivity index (χ3n) is 14.9. The van der Waals surface area contributed by atoms with Crippen molar-refractivity contribution >= 4 is 17.9 Å². The van der Waals surface area contributed by atoms with Crippen molar-refractivity contribution < 1.29 is 28.6 Å². The maximum Gasteiger partial charge on any atom is 0.306 e. The molecule has 0 saturated carbocycles. The Balaban J connectivity index is 4.24. The van der Waals surface area contributed by atoms with Crippen LogP contribution in [0.1, 0.15) is 342 Å². The number of rotatable bonds is 62. The number of carbonyl (C=O) groups is 3. The van der Waals surface area contributed by atoms with Crippen LogP contribution < -0.4 is 0 Å². The molecule has 0 aromatic carbocycles. The first-order valence-electron chi connectivity index (χ1n) is 34.1. The molecule has 0 aliphatic rings. The smallest absolute Gasteiger partial charge is 0.306 e. The van der Waals surface area contributed by atoms with Crippen LogP contribution in [0.4, 0.5) is 0 Å². The molecule has 0 aliphatic heterocycles. The average Bonchev–Trinajstić information content (AvgIpc) is 3.45. The zero-order valence-corrected chi connectivity index (χ0v) is 52.4. The topological polar surface area (TPSA) is 78.9 Å². The van der Waals surface area contributed by atoms with Crippen LogP contribution in [0.15, 0.2) is 85.1 Å². The standard InChI is InChI=1S/C73H128O6/c1-4-7-10-13-16-19-22-25-27-29-31-32-33-34-35-36-37-38-39-40-42-43-45-48-51-54-57-60-63-66-72(75)78-69-70(68-77-71(74)65-62-59-56-53-50-47-24-21-18-15-12-9-6-3)79-73(76)67-64-61-58-55-52-49-46-44-41-30-28-26-23-20-17-14-11-8-5-2/h9,12,17-18,20-22,25-26,28-29,31,47,50,70H,4-8,10-11,13-16,19,23-24,27,30,32-46,48-49,51-69H2,1-3H3/b12-9-,20-17-,21-18-,25-22-,28-26-,31-29-,50-47-. The highest BCUT2D eigenvalue weighted by molar-refractivity contribution is 5.71. The zero-order chi connectivity index (χ0) is 57.1. The highest BCUT2D eigenvalue weighted by Gasteiger charge is 2.19. The third kappa shape index (κ3) is 65.3. The van der Waals surface area contributed by atoms with Crippen molar-refractivity contribution in [3.8, 4) is 0 Å². The van der Waals surface area contributed by atoms with Crippen LogP contribution in [0.3, 0.4) is 0 Å². The lowest BCUT2D eigenvalue weighted by Crippen LogP contribution is -2.30. The van der Waals surface area contributed by atoms with Crippen molar-refractivity contribution in [3.63, 3.8) is 0 Å². The van der Waals surface area contributed by atoms with Gasteiger partial charge in [-0.2, -0.15) is 0 Å². The van der Waals surface area contributed by atoms with Crippen molar-refractivity contribution in [2.45, 2.75) is 348 Å². The van der Waals surface area contributed by atoms with Crippen LogP contribution in [0.5, 0.6) is 0 Å². The summed E-state index contributed by atoms with van der Waals surface area (Å²) in [5.41, 5.74) is 0. The van der Waals surface area contributed by atoms with E-state index in [0.29, 0.717) is 19.3 Å². The van der Waals surface area contributed by atoms with Gasteiger partial charge in [0.25, 0.3) is 0 Å². The molecule has 0 saturated heterocycles. The van der Waals surface area contributed by atoms with Gasteiger partial charge in [-0.1, -0.05) is 292 Å². The van der Waals surface area contributed by atoms with Crippen molar-refractivity contribution in [3.05, 3.63) is 85.1 Å². The van der Waals surface area contributed by atoms with E-state index in [-0.39, 0.29) is 31.1 Å². The molecule has 1 unspecified atom stereocenters. The molecule has 0 amide bonds. The quantitative estimate of drug-likeness (QED) is 0.0261. The highest BCUT2D eigenvalue weighted by atomic mass is 16.6. The van der Waals surface area contributed by atoms with Crippen LogP contribution >= 0.6 is 0 Å². The van der Waals surface area contributed by atoms with Crippen LogP contribution in [0, 0.1) is 0 Å². The summed E-state index contributed by atoms with van der Waals surface area (Å²) in [6.07, 6.45) is 89.0. The molecule has 0 heterocycles. The maximum atomic E-state index is 12.9. The minimum Gasteiger partial charge on any atom is -0.462 e. The number of hydrogen-bond donors (Lipinski definition) is 0. The molecule has 0 fully saturated rings. The number of unbranched alkanes of at least 4 members (excludes halogenated alkanes) is 37. The van der Waals surface area contributed by atoms with E-state index in [1.54, 1.807) is 0 Å². The van der Waals surface area contributed by atoms with Gasteiger partial charge in [-0.05, 0) is 116 Å². The van der Waals surface area contributed by atoms with Crippen LogP contribution in [0.2, 0.25) is 0 Å². The molecular formula is C73H128O6. The van der Waals surface area contributed by atoms with E-state index in [0.717, 1.165) is 96.3 Å². The van der Waals surface area contributed by atoms with Crippen molar-refractivity contribution in [1.29, 1.82) is 0 Å². The fraction of sp³-hybridized carbons (Fsp3) is 0.767. The molecule has 6 nitrogen and oxygen atoms in total. The Morgan fingerprint density at radius 3 is 0.810 bits per heavy atom. The van der Waals surface area contributed by atoms with E-state index in [1.807, 2.05) is 0 Å². The minimum atomic E-state index is -0.791. The minimum absolute atomic E-state index is 0.0854. The zero-order valence-electron chi connectivity index (χ0n) is 52.4. The molecule has 0 aromatic heterocycles. The molecule has 0 radical (unpaired) electrons. The lowest BCUT2D eigenvalue weighted by atomic mass is 10.0. The summed E-state index contributed by atoms with van der Waals surface area (Å²) >= 11 is 0. The number of ether oxygens (including phenoxy) is 3. The van der Waals surface area contributed by atoms with E-state index >= 15 is 0 Å². The summed E-state index contributed by atoms with van der Waals surface area (Å²) < 4.78 is 16.9. The monoisotopic (exact) mass is 1100 g/mol. The second kappa shape index (κ2) is 67.1. The predicted molar refractivity (Wildman–Crippen MR) is 344 cm³/mol. The molecule has 0 aliphatic carbocycles. The maximum absolute atomic E-state index is 12.9. The Hall–Kier alpha value is -3.41. The van der Waals surface area contributed by atoms with Gasteiger partial charge in [-0.3, -0.25) is 14.4 Å². The van der Waals surface area contributed by atoms with Gasteiger partial charge in [0.05, 0.1) is 0 Å². The van der Waals surface area contributed by atoms with Crippen molar-refractivity contribution in [2.24, 2.45) is 0 Å². The normalized spacial score (nSPS) is 12.6. The Morgan fingerprint density at radius 2 is 0.494 bits per heavy atom. The highest BCUT2D eigenvalue weighted by Crippen LogP contribution is 2.17. The fourth-order valence-electron chi connectivity index (χ4n) is 9.76. The SMILES string of the molecule is CC/C=C\C/C=C\C/C=C\CCCCCC(=O)OCC(COC(=O)CCCCCCCCCCCCCCCCCCC/C=C\C/C=C\CCCCCCC)OC(=O)CCCCCCCCCCC/C=C\C/C=C\CCCCC. The van der Waals surface area contributed by atoms with E-state index < -0.39 is 6.10 Å². The Kier molecular flexibility index (Phi) is 64.2. The molecule has 0 spiro atoms. The summed E-state index contributed by atoms with van der Waals surface area (Å²) in [5, 5.41) is 0. The number of allylic oxidation sites excluding steroid dienone is 14. The molecule has 1 atom stereocenters. The first-order chi connectivity index (χ1) is 39.0. The summed E-state index contributed by atoms with van der Waals surface area (Å²) in [4.78, 5) is 38.3. The van der Waals surface area contributed by atoms with Gasteiger partial charge < -0.3 is 14.2 Å². The molecule has 0 rings (SSSR count). The van der Waals surface area contributed by atoms with Crippen molar-refractivity contribution in [2.75, 3.05) is 13.2 Å². The number of esters is 3. The third-order valence-corrected chi connectivity index (χ3v) is 14.9. The lowest BCUT2D eigenvalue weighted by molar-refractivity contribution is -0.167. The van der Waals surface area contributed by atoms with Crippen LogP contribution in [0.25, 0.3) is 0 Å². The van der Waals surface area contributed by atoms with Gasteiger partial charge in [0.2, 0.25) is 0 Å². The molecule has 0 N–H and O–H groups in total. The number of carbonyl (C=O) groups excluding carboxylic acids is 3. The second-order valence-electron chi connectivity index (χ2n) is 22.7. The summed E-state index contributed by atoms with van der Waals surface area (Å²) in [7, 11) is 0. The summed E-state index contributed by atoms with van der Waals surface area (Å²) in [5.74, 6) is -0.906. The summed E-state index contributed by atoms with van der Waals surface area (Å²) in [6.45, 7) is 6.50. The average molecular weight is 1100 g/mol. The van der Waals surface area contributed by atoms with E-state index in [1.165, 1.54) is 205 Å². The van der Waals surface area contributed by atoms with E-state index in [2.05, 4.69) is 106 Å². The van der Waals surface area contributed by atoms with Gasteiger partial charge in [0.1, 0.15) is 13.2 Å². The Bertz CT molecular complexity index is 1500. The Morgan fingerprint density at radius 1 is 0.266 bits per heavy atom. The Labute approximate surface area is 490 Å². The van der Waals surface area contributed by atoms with Crippen molar-refractivity contribution in [1.82, 2.24) is 0 Å².